The van der Waals surface area contributed by atoms with Crippen LogP contribution in [0, 0.1) is 5.41 Å². The van der Waals surface area contributed by atoms with Gasteiger partial charge in [0.05, 0.1) is 18.1 Å². The van der Waals surface area contributed by atoms with E-state index < -0.39 is 11.4 Å². The molecule has 0 aromatic rings. The summed E-state index contributed by atoms with van der Waals surface area (Å²) in [5.74, 6) is -0.716. The van der Waals surface area contributed by atoms with Crippen LogP contribution in [0.2, 0.25) is 0 Å². The van der Waals surface area contributed by atoms with E-state index in [0.29, 0.717) is 12.5 Å². The van der Waals surface area contributed by atoms with Crippen LogP contribution in [-0.2, 0) is 9.53 Å². The zero-order valence-electron chi connectivity index (χ0n) is 11.4. The highest BCUT2D eigenvalue weighted by Crippen LogP contribution is 2.23. The summed E-state index contributed by atoms with van der Waals surface area (Å²) in [4.78, 5) is 13.4. The zero-order chi connectivity index (χ0) is 13.1. The van der Waals surface area contributed by atoms with E-state index in [2.05, 4.69) is 18.7 Å². The molecule has 0 radical (unpaired) electrons. The van der Waals surface area contributed by atoms with Crippen molar-refractivity contribution >= 4 is 5.97 Å². The maximum Gasteiger partial charge on any atom is 0.309 e. The number of carbonyl (C=O) groups is 1. The Morgan fingerprint density at radius 2 is 2.18 bits per heavy atom. The molecule has 1 heterocycles. The minimum Gasteiger partial charge on any atom is -0.481 e. The molecule has 1 rings (SSSR count). The van der Waals surface area contributed by atoms with Crippen molar-refractivity contribution in [3.05, 3.63) is 0 Å². The SMILES string of the molecule is CCC1COC(C)CN1CCC(C)(C)C(=O)O. The summed E-state index contributed by atoms with van der Waals surface area (Å²) < 4.78 is 5.63. The van der Waals surface area contributed by atoms with Gasteiger partial charge in [0, 0.05) is 12.6 Å². The van der Waals surface area contributed by atoms with Gasteiger partial charge in [-0.05, 0) is 40.2 Å². The first-order valence-corrected chi connectivity index (χ1v) is 6.46. The molecule has 100 valence electrons. The van der Waals surface area contributed by atoms with Gasteiger partial charge in [0.2, 0.25) is 0 Å². The van der Waals surface area contributed by atoms with Gasteiger partial charge in [-0.1, -0.05) is 6.92 Å². The van der Waals surface area contributed by atoms with Crippen molar-refractivity contribution in [2.24, 2.45) is 5.41 Å². The normalized spacial score (nSPS) is 27.1. The number of aliphatic carboxylic acids is 1. The molecule has 2 atom stereocenters. The van der Waals surface area contributed by atoms with Crippen molar-refractivity contribution in [3.63, 3.8) is 0 Å². The van der Waals surface area contributed by atoms with Crippen LogP contribution in [0.1, 0.15) is 40.5 Å². The molecule has 0 saturated carbocycles. The van der Waals surface area contributed by atoms with E-state index in [0.717, 1.165) is 26.1 Å². The van der Waals surface area contributed by atoms with E-state index in [-0.39, 0.29) is 6.10 Å². The first kappa shape index (κ1) is 14.5. The Labute approximate surface area is 104 Å². The number of hydrogen-bond acceptors (Lipinski definition) is 3. The number of carboxylic acids is 1. The summed E-state index contributed by atoms with van der Waals surface area (Å²) in [6, 6.07) is 0.441. The maximum absolute atomic E-state index is 11.1. The molecular formula is C13H25NO3. The summed E-state index contributed by atoms with van der Waals surface area (Å²) >= 11 is 0. The van der Waals surface area contributed by atoms with Crippen molar-refractivity contribution in [1.29, 1.82) is 0 Å². The van der Waals surface area contributed by atoms with Crippen LogP contribution < -0.4 is 0 Å². The smallest absolute Gasteiger partial charge is 0.309 e. The Bertz CT molecular complexity index is 265. The van der Waals surface area contributed by atoms with E-state index in [1.807, 2.05) is 0 Å². The highest BCUT2D eigenvalue weighted by Gasteiger charge is 2.31. The van der Waals surface area contributed by atoms with Crippen molar-refractivity contribution in [2.75, 3.05) is 19.7 Å². The third-order valence-corrected chi connectivity index (χ3v) is 3.66. The lowest BCUT2D eigenvalue weighted by atomic mass is 9.89. The Morgan fingerprint density at radius 1 is 1.53 bits per heavy atom. The van der Waals surface area contributed by atoms with Crippen LogP contribution in [-0.4, -0.2) is 47.8 Å². The number of morpholine rings is 1. The monoisotopic (exact) mass is 243 g/mol. The van der Waals surface area contributed by atoms with Gasteiger partial charge >= 0.3 is 5.97 Å². The predicted octanol–water partition coefficient (Wildman–Crippen LogP) is 1.99. The van der Waals surface area contributed by atoms with Crippen LogP contribution in [0.5, 0.6) is 0 Å². The standard InChI is InChI=1S/C13H25NO3/c1-5-11-9-17-10(2)8-14(11)7-6-13(3,4)12(15)16/h10-11H,5-9H2,1-4H3,(H,15,16). The molecule has 4 heteroatoms. The average molecular weight is 243 g/mol. The van der Waals surface area contributed by atoms with Crippen molar-refractivity contribution in [2.45, 2.75) is 52.7 Å². The molecule has 17 heavy (non-hydrogen) atoms. The van der Waals surface area contributed by atoms with Gasteiger partial charge in [-0.3, -0.25) is 9.69 Å². The fourth-order valence-electron chi connectivity index (χ4n) is 2.09. The van der Waals surface area contributed by atoms with E-state index in [1.165, 1.54) is 0 Å². The van der Waals surface area contributed by atoms with Gasteiger partial charge in [0.15, 0.2) is 0 Å². The molecular weight excluding hydrogens is 218 g/mol. The molecule has 0 aliphatic carbocycles. The highest BCUT2D eigenvalue weighted by atomic mass is 16.5. The largest absolute Gasteiger partial charge is 0.481 e. The van der Waals surface area contributed by atoms with Crippen molar-refractivity contribution in [1.82, 2.24) is 4.90 Å². The van der Waals surface area contributed by atoms with Gasteiger partial charge in [-0.25, -0.2) is 0 Å². The second-order valence-corrected chi connectivity index (χ2v) is 5.64. The van der Waals surface area contributed by atoms with Crippen LogP contribution in [0.4, 0.5) is 0 Å². The number of nitrogens with zero attached hydrogens (tertiary/aromatic N) is 1. The second-order valence-electron chi connectivity index (χ2n) is 5.64. The van der Waals surface area contributed by atoms with Crippen LogP contribution in [0.15, 0.2) is 0 Å². The van der Waals surface area contributed by atoms with E-state index in [1.54, 1.807) is 13.8 Å². The van der Waals surface area contributed by atoms with Gasteiger partial charge in [-0.15, -0.1) is 0 Å². The summed E-state index contributed by atoms with van der Waals surface area (Å²) in [5, 5.41) is 9.10. The fourth-order valence-corrected chi connectivity index (χ4v) is 2.09. The lowest BCUT2D eigenvalue weighted by Gasteiger charge is -2.39. The lowest BCUT2D eigenvalue weighted by molar-refractivity contribution is -0.147. The van der Waals surface area contributed by atoms with Crippen molar-refractivity contribution in [3.8, 4) is 0 Å². The first-order valence-electron chi connectivity index (χ1n) is 6.46. The Balaban J connectivity index is 2.51. The third-order valence-electron chi connectivity index (χ3n) is 3.66. The van der Waals surface area contributed by atoms with Gasteiger partial charge < -0.3 is 9.84 Å². The number of carboxylic acid groups (broad SMARTS) is 1. The van der Waals surface area contributed by atoms with E-state index in [9.17, 15) is 4.79 Å². The molecule has 0 bridgehead atoms. The van der Waals surface area contributed by atoms with E-state index in [4.69, 9.17) is 9.84 Å². The summed E-state index contributed by atoms with van der Waals surface area (Å²) in [6.45, 7) is 10.3. The minimum absolute atomic E-state index is 0.255. The Morgan fingerprint density at radius 3 is 2.71 bits per heavy atom. The van der Waals surface area contributed by atoms with Crippen LogP contribution in [0.3, 0.4) is 0 Å². The minimum atomic E-state index is -0.716. The molecule has 0 spiro atoms. The Kier molecular flexibility index (Phi) is 4.95. The molecule has 1 N–H and O–H groups in total. The molecule has 0 aromatic heterocycles. The van der Waals surface area contributed by atoms with Gasteiger partial charge in [0.1, 0.15) is 0 Å². The lowest BCUT2D eigenvalue weighted by Crippen LogP contribution is -2.49. The number of hydrogen-bond donors (Lipinski definition) is 1. The fraction of sp³-hybridized carbons (Fsp3) is 0.923. The quantitative estimate of drug-likeness (QED) is 0.802. The molecule has 2 unspecified atom stereocenters. The predicted molar refractivity (Wildman–Crippen MR) is 67.1 cm³/mol. The van der Waals surface area contributed by atoms with Crippen LogP contribution >= 0.6 is 0 Å². The van der Waals surface area contributed by atoms with Gasteiger partial charge in [-0.2, -0.15) is 0 Å². The molecule has 4 nitrogen and oxygen atoms in total. The van der Waals surface area contributed by atoms with Crippen LogP contribution in [0.25, 0.3) is 0 Å². The van der Waals surface area contributed by atoms with E-state index >= 15 is 0 Å². The first-order chi connectivity index (χ1) is 7.86. The summed E-state index contributed by atoms with van der Waals surface area (Å²) in [7, 11) is 0. The zero-order valence-corrected chi connectivity index (χ0v) is 11.4. The number of ether oxygens (including phenoxy) is 1. The maximum atomic E-state index is 11.1. The Hall–Kier alpha value is -0.610. The molecule has 0 amide bonds. The molecule has 1 aliphatic heterocycles. The average Bonchev–Trinajstić information content (AvgIpc) is 2.26. The molecule has 1 fully saturated rings. The molecule has 1 aliphatic rings. The van der Waals surface area contributed by atoms with Gasteiger partial charge in [0.25, 0.3) is 0 Å². The molecule has 0 aromatic carbocycles. The topological polar surface area (TPSA) is 49.8 Å². The number of rotatable bonds is 5. The van der Waals surface area contributed by atoms with Crippen molar-refractivity contribution < 1.29 is 14.6 Å². The summed E-state index contributed by atoms with van der Waals surface area (Å²) in [5.41, 5.74) is -0.639. The summed E-state index contributed by atoms with van der Waals surface area (Å²) in [6.07, 6.45) is 2.00. The second kappa shape index (κ2) is 5.83. The molecule has 1 saturated heterocycles. The highest BCUT2D eigenvalue weighted by molar-refractivity contribution is 5.73. The third kappa shape index (κ3) is 3.96.